The van der Waals surface area contributed by atoms with Crippen LogP contribution in [-0.4, -0.2) is 37.3 Å². The van der Waals surface area contributed by atoms with Crippen molar-refractivity contribution >= 4 is 33.4 Å². The number of alkyl halides is 1. The first-order chi connectivity index (χ1) is 9.05. The highest BCUT2D eigenvalue weighted by Crippen LogP contribution is 2.25. The summed E-state index contributed by atoms with van der Waals surface area (Å²) >= 11 is 7.49. The van der Waals surface area contributed by atoms with E-state index in [9.17, 15) is 12.8 Å². The van der Waals surface area contributed by atoms with Crippen molar-refractivity contribution in [3.05, 3.63) is 29.6 Å². The summed E-state index contributed by atoms with van der Waals surface area (Å²) in [7, 11) is -3.66. The van der Waals surface area contributed by atoms with Gasteiger partial charge in [-0.05, 0) is 29.9 Å². The lowest BCUT2D eigenvalue weighted by Crippen LogP contribution is -2.33. The van der Waals surface area contributed by atoms with Crippen molar-refractivity contribution < 1.29 is 12.8 Å². The van der Waals surface area contributed by atoms with Crippen LogP contribution in [0.2, 0.25) is 0 Å². The molecular weight excluding hydrogens is 309 g/mol. The minimum atomic E-state index is -3.66. The molecule has 0 N–H and O–H groups in total. The first-order valence-electron chi connectivity index (χ1n) is 5.98. The van der Waals surface area contributed by atoms with Gasteiger partial charge in [-0.2, -0.15) is 16.1 Å². The minimum absolute atomic E-state index is 0.00519. The Labute approximate surface area is 122 Å². The zero-order chi connectivity index (χ0) is 13.9. The summed E-state index contributed by atoms with van der Waals surface area (Å²) in [6.07, 6.45) is 0.815. The fraction of sp³-hybridized carbons (Fsp3) is 0.500. The molecule has 7 heteroatoms. The fourth-order valence-corrected chi connectivity index (χ4v) is 5.01. The van der Waals surface area contributed by atoms with E-state index in [1.165, 1.54) is 16.4 Å². The molecule has 2 rings (SSSR count). The van der Waals surface area contributed by atoms with Crippen molar-refractivity contribution in [2.75, 3.05) is 24.6 Å². The van der Waals surface area contributed by atoms with Crippen molar-refractivity contribution in [2.45, 2.75) is 17.2 Å². The van der Waals surface area contributed by atoms with Crippen LogP contribution in [0.4, 0.5) is 4.39 Å². The van der Waals surface area contributed by atoms with Crippen molar-refractivity contribution in [2.24, 2.45) is 0 Å². The molecule has 3 nitrogen and oxygen atoms in total. The highest BCUT2D eigenvalue weighted by Gasteiger charge is 2.27. The number of rotatable bonds is 3. The zero-order valence-electron chi connectivity index (χ0n) is 10.3. The minimum Gasteiger partial charge on any atom is -0.207 e. The third kappa shape index (κ3) is 3.42. The quantitative estimate of drug-likeness (QED) is 0.803. The molecule has 1 saturated heterocycles. The van der Waals surface area contributed by atoms with Crippen LogP contribution in [0.3, 0.4) is 0 Å². The Balaban J connectivity index is 2.40. The molecule has 19 heavy (non-hydrogen) atoms. The van der Waals surface area contributed by atoms with Crippen molar-refractivity contribution in [1.82, 2.24) is 4.31 Å². The van der Waals surface area contributed by atoms with Gasteiger partial charge in [0.25, 0.3) is 0 Å². The highest BCUT2D eigenvalue weighted by molar-refractivity contribution is 7.99. The third-order valence-corrected chi connectivity index (χ3v) is 6.29. The monoisotopic (exact) mass is 323 g/mol. The van der Waals surface area contributed by atoms with Gasteiger partial charge in [-0.15, -0.1) is 11.6 Å². The summed E-state index contributed by atoms with van der Waals surface area (Å²) in [4.78, 5) is -0.00519. The Bertz CT molecular complexity index is 543. The van der Waals surface area contributed by atoms with E-state index in [2.05, 4.69) is 0 Å². The van der Waals surface area contributed by atoms with Crippen LogP contribution in [-0.2, 0) is 15.9 Å². The molecule has 0 aromatic heterocycles. The Morgan fingerprint density at radius 1 is 1.32 bits per heavy atom. The van der Waals surface area contributed by atoms with E-state index in [0.29, 0.717) is 18.7 Å². The standard InChI is InChI=1S/C12H15ClFNO2S2/c13-9-10-2-3-11(14)8-12(10)19(16,17)15-4-1-6-18-7-5-15/h2-3,8H,1,4-7,9H2. The van der Waals surface area contributed by atoms with Crippen LogP contribution >= 0.6 is 23.4 Å². The number of halogens is 2. The van der Waals surface area contributed by atoms with Gasteiger partial charge < -0.3 is 0 Å². The molecule has 1 heterocycles. The van der Waals surface area contributed by atoms with Crippen LogP contribution in [0.25, 0.3) is 0 Å². The molecule has 0 atom stereocenters. The van der Waals surface area contributed by atoms with E-state index in [1.807, 2.05) is 0 Å². The summed E-state index contributed by atoms with van der Waals surface area (Å²) in [5, 5.41) is 0. The number of sulfonamides is 1. The number of hydrogen-bond acceptors (Lipinski definition) is 3. The number of nitrogens with zero attached hydrogens (tertiary/aromatic N) is 1. The van der Waals surface area contributed by atoms with Crippen molar-refractivity contribution in [3.63, 3.8) is 0 Å². The molecule has 0 aliphatic carbocycles. The maximum Gasteiger partial charge on any atom is 0.243 e. The van der Waals surface area contributed by atoms with Gasteiger partial charge in [0.15, 0.2) is 0 Å². The maximum absolute atomic E-state index is 13.3. The predicted octanol–water partition coefficient (Wildman–Crippen LogP) is 2.69. The Morgan fingerprint density at radius 2 is 2.11 bits per heavy atom. The van der Waals surface area contributed by atoms with Crippen LogP contribution in [0.15, 0.2) is 23.1 Å². The maximum atomic E-state index is 13.3. The molecule has 106 valence electrons. The molecule has 1 aromatic carbocycles. The van der Waals surface area contributed by atoms with Gasteiger partial charge in [0.2, 0.25) is 10.0 Å². The lowest BCUT2D eigenvalue weighted by Gasteiger charge is -2.21. The van der Waals surface area contributed by atoms with Gasteiger partial charge in [0.05, 0.1) is 4.90 Å². The van der Waals surface area contributed by atoms with E-state index in [-0.39, 0.29) is 10.8 Å². The van der Waals surface area contributed by atoms with E-state index < -0.39 is 15.8 Å². The van der Waals surface area contributed by atoms with Gasteiger partial charge in [0, 0.05) is 24.7 Å². The molecule has 1 aromatic rings. The lowest BCUT2D eigenvalue weighted by atomic mass is 10.2. The Morgan fingerprint density at radius 3 is 2.84 bits per heavy atom. The van der Waals surface area contributed by atoms with Crippen molar-refractivity contribution in [3.8, 4) is 0 Å². The van der Waals surface area contributed by atoms with Crippen LogP contribution in [0.1, 0.15) is 12.0 Å². The van der Waals surface area contributed by atoms with Gasteiger partial charge in [-0.3, -0.25) is 0 Å². The third-order valence-electron chi connectivity index (χ3n) is 2.97. The zero-order valence-corrected chi connectivity index (χ0v) is 12.7. The first-order valence-corrected chi connectivity index (χ1v) is 9.11. The molecule has 0 amide bonds. The molecular formula is C12H15ClFNO2S2. The Kier molecular flexibility index (Phi) is 5.11. The molecule has 0 saturated carbocycles. The van der Waals surface area contributed by atoms with Gasteiger partial charge in [0.1, 0.15) is 5.82 Å². The second-order valence-electron chi connectivity index (χ2n) is 4.26. The van der Waals surface area contributed by atoms with Crippen LogP contribution in [0, 0.1) is 5.82 Å². The summed E-state index contributed by atoms with van der Waals surface area (Å²) < 4.78 is 39.9. The summed E-state index contributed by atoms with van der Waals surface area (Å²) in [6, 6.07) is 3.72. The summed E-state index contributed by atoms with van der Waals surface area (Å²) in [6.45, 7) is 0.943. The normalized spacial score (nSPS) is 18.2. The second kappa shape index (κ2) is 6.43. The van der Waals surface area contributed by atoms with Crippen molar-refractivity contribution in [1.29, 1.82) is 0 Å². The van der Waals surface area contributed by atoms with Gasteiger partial charge in [-0.1, -0.05) is 6.07 Å². The number of benzene rings is 1. The van der Waals surface area contributed by atoms with E-state index in [4.69, 9.17) is 11.6 Å². The highest BCUT2D eigenvalue weighted by atomic mass is 35.5. The molecule has 0 bridgehead atoms. The number of thioether (sulfide) groups is 1. The average Bonchev–Trinajstić information content (AvgIpc) is 2.68. The van der Waals surface area contributed by atoms with E-state index >= 15 is 0 Å². The topological polar surface area (TPSA) is 37.4 Å². The lowest BCUT2D eigenvalue weighted by molar-refractivity contribution is 0.434. The summed E-state index contributed by atoms with van der Waals surface area (Å²) in [5.74, 6) is 1.22. The molecule has 1 aliphatic heterocycles. The fourth-order valence-electron chi connectivity index (χ4n) is 1.98. The van der Waals surface area contributed by atoms with E-state index in [0.717, 1.165) is 24.0 Å². The smallest absolute Gasteiger partial charge is 0.207 e. The molecule has 0 spiro atoms. The van der Waals surface area contributed by atoms with Crippen LogP contribution < -0.4 is 0 Å². The van der Waals surface area contributed by atoms with E-state index in [1.54, 1.807) is 11.8 Å². The SMILES string of the molecule is O=S(=O)(c1cc(F)ccc1CCl)N1CCCSCC1. The largest absolute Gasteiger partial charge is 0.243 e. The average molecular weight is 324 g/mol. The van der Waals surface area contributed by atoms with Gasteiger partial charge in [-0.25, -0.2) is 12.8 Å². The predicted molar refractivity (Wildman–Crippen MR) is 76.7 cm³/mol. The first kappa shape index (κ1) is 15.1. The van der Waals surface area contributed by atoms with Gasteiger partial charge >= 0.3 is 0 Å². The molecule has 0 unspecified atom stereocenters. The van der Waals surface area contributed by atoms with Crippen LogP contribution in [0.5, 0.6) is 0 Å². The molecule has 1 aliphatic rings. The molecule has 1 fully saturated rings. The molecule has 0 radical (unpaired) electrons. The Hall–Kier alpha value is -0.300. The second-order valence-corrected chi connectivity index (χ2v) is 7.65. The number of hydrogen-bond donors (Lipinski definition) is 0. The summed E-state index contributed by atoms with van der Waals surface area (Å²) in [5.41, 5.74) is 0.444.